The van der Waals surface area contributed by atoms with Gasteiger partial charge in [0.05, 0.1) is 33.3 Å². The number of benzene rings is 7. The lowest BCUT2D eigenvalue weighted by atomic mass is 9.63. The van der Waals surface area contributed by atoms with Crippen molar-refractivity contribution in [1.82, 2.24) is 19.1 Å². The minimum absolute atomic E-state index is 0.0656. The predicted molar refractivity (Wildman–Crippen MR) is 226 cm³/mol. The number of aromatic nitrogens is 4. The van der Waals surface area contributed by atoms with Gasteiger partial charge in [-0.05, 0) is 82.0 Å². The van der Waals surface area contributed by atoms with Gasteiger partial charge in [-0.25, -0.2) is 9.97 Å². The summed E-state index contributed by atoms with van der Waals surface area (Å²) in [5.41, 5.74) is 11.7. The van der Waals surface area contributed by atoms with Gasteiger partial charge in [0.1, 0.15) is 0 Å². The molecule has 54 heavy (non-hydrogen) atoms. The molecule has 3 aromatic heterocycles. The van der Waals surface area contributed by atoms with Gasteiger partial charge in [-0.3, -0.25) is 4.57 Å². The molecule has 10 aromatic rings. The summed E-state index contributed by atoms with van der Waals surface area (Å²) in [5, 5.41) is 8.51. The van der Waals surface area contributed by atoms with E-state index in [1.165, 1.54) is 54.5 Å². The lowest BCUT2D eigenvalue weighted by molar-refractivity contribution is 0.332. The Bertz CT molecular complexity index is 3150. The topological polar surface area (TPSA) is 35.6 Å². The van der Waals surface area contributed by atoms with Gasteiger partial charge in [0.2, 0.25) is 5.95 Å². The van der Waals surface area contributed by atoms with Crippen LogP contribution in [0.3, 0.4) is 0 Å². The van der Waals surface area contributed by atoms with E-state index in [1.54, 1.807) is 0 Å². The number of nitrogens with zero attached hydrogens (tertiary/aromatic N) is 4. The molecule has 4 heteroatoms. The van der Waals surface area contributed by atoms with Crippen LogP contribution in [0, 0.1) is 0 Å². The molecule has 7 aromatic carbocycles. The highest BCUT2D eigenvalue weighted by atomic mass is 15.2. The monoisotopic (exact) mass is 696 g/mol. The third-order valence-electron chi connectivity index (χ3n) is 12.4. The molecular formula is C50H40N4. The van der Waals surface area contributed by atoms with Crippen LogP contribution >= 0.6 is 0 Å². The Balaban J connectivity index is 1.42. The zero-order valence-electron chi connectivity index (χ0n) is 31.1. The average Bonchev–Trinajstić information content (AvgIpc) is 3.73. The molecule has 0 spiro atoms. The Labute approximate surface area is 314 Å². The van der Waals surface area contributed by atoms with Crippen LogP contribution in [0.25, 0.3) is 88.2 Å². The largest absolute Gasteiger partial charge is 0.307 e. The summed E-state index contributed by atoms with van der Waals surface area (Å²) in [7, 11) is 0. The normalized spacial score (nSPS) is 15.2. The molecule has 0 atom stereocenters. The first-order chi connectivity index (χ1) is 26.3. The van der Waals surface area contributed by atoms with Crippen molar-refractivity contribution >= 4 is 65.3 Å². The Hall–Kier alpha value is -6.26. The van der Waals surface area contributed by atoms with E-state index in [1.807, 2.05) is 0 Å². The summed E-state index contributed by atoms with van der Waals surface area (Å²) < 4.78 is 4.89. The van der Waals surface area contributed by atoms with E-state index in [9.17, 15) is 0 Å². The maximum atomic E-state index is 5.50. The van der Waals surface area contributed by atoms with Crippen LogP contribution in [0.2, 0.25) is 0 Å². The van der Waals surface area contributed by atoms with Crippen LogP contribution in [-0.4, -0.2) is 19.1 Å². The molecule has 4 nitrogen and oxygen atoms in total. The Morgan fingerprint density at radius 3 is 1.70 bits per heavy atom. The smallest absolute Gasteiger partial charge is 0.235 e. The van der Waals surface area contributed by atoms with Crippen molar-refractivity contribution in [1.29, 1.82) is 0 Å². The molecule has 3 heterocycles. The lowest BCUT2D eigenvalue weighted by Crippen LogP contribution is -2.33. The maximum absolute atomic E-state index is 5.50. The molecule has 0 unspecified atom stereocenters. The van der Waals surface area contributed by atoms with E-state index in [2.05, 4.69) is 182 Å². The molecular weight excluding hydrogens is 657 g/mol. The molecule has 0 saturated carbocycles. The molecule has 260 valence electrons. The molecule has 11 rings (SSSR count). The lowest BCUT2D eigenvalue weighted by Gasteiger charge is -2.42. The van der Waals surface area contributed by atoms with Gasteiger partial charge in [-0.2, -0.15) is 0 Å². The highest BCUT2D eigenvalue weighted by Gasteiger charge is 2.38. The number of hydrogen-bond donors (Lipinski definition) is 0. The van der Waals surface area contributed by atoms with E-state index >= 15 is 0 Å². The zero-order valence-corrected chi connectivity index (χ0v) is 31.1. The molecule has 0 radical (unpaired) electrons. The fourth-order valence-electron chi connectivity index (χ4n) is 9.53. The summed E-state index contributed by atoms with van der Waals surface area (Å²) in [6.07, 6.45) is 2.33. The number of hydrogen-bond acceptors (Lipinski definition) is 2. The van der Waals surface area contributed by atoms with E-state index in [-0.39, 0.29) is 10.8 Å². The Kier molecular flexibility index (Phi) is 6.45. The highest BCUT2D eigenvalue weighted by Crippen LogP contribution is 2.51. The van der Waals surface area contributed by atoms with Crippen LogP contribution in [0.4, 0.5) is 0 Å². The van der Waals surface area contributed by atoms with Crippen molar-refractivity contribution in [3.8, 4) is 22.9 Å². The van der Waals surface area contributed by atoms with Crippen molar-refractivity contribution in [3.63, 3.8) is 0 Å². The molecule has 0 fully saturated rings. The third kappa shape index (κ3) is 4.31. The fraction of sp³-hybridized carbons (Fsp3) is 0.160. The minimum Gasteiger partial charge on any atom is -0.307 e. The van der Waals surface area contributed by atoms with Gasteiger partial charge >= 0.3 is 0 Å². The third-order valence-corrected chi connectivity index (χ3v) is 12.4. The van der Waals surface area contributed by atoms with Crippen LogP contribution in [-0.2, 0) is 10.8 Å². The van der Waals surface area contributed by atoms with Crippen LogP contribution < -0.4 is 0 Å². The molecule has 1 aliphatic rings. The van der Waals surface area contributed by atoms with Gasteiger partial charge in [0.15, 0.2) is 0 Å². The summed E-state index contributed by atoms with van der Waals surface area (Å²) in [6.45, 7) is 9.71. The first-order valence-corrected chi connectivity index (χ1v) is 19.2. The molecule has 0 aliphatic heterocycles. The number of fused-ring (bicyclic) bond motifs is 12. The van der Waals surface area contributed by atoms with Crippen LogP contribution in [0.1, 0.15) is 51.7 Å². The van der Waals surface area contributed by atoms with Gasteiger partial charge in [-0.1, -0.05) is 137 Å². The fourth-order valence-corrected chi connectivity index (χ4v) is 9.53. The number of para-hydroxylation sites is 3. The highest BCUT2D eigenvalue weighted by molar-refractivity contribution is 6.36. The van der Waals surface area contributed by atoms with Crippen molar-refractivity contribution in [2.75, 3.05) is 0 Å². The second-order valence-electron chi connectivity index (χ2n) is 16.5. The standard InChI is InChI=1S/C50H40N4/c1-49(2)27-28-50(3,4)39-30-42-37(29-38(39)49)44-34-22-12-11-21-33(34)43-36-24-14-16-26-41(36)54(47(43)46(44)53(42)32-19-9-6-10-20-32)48-51-40-25-15-13-23-35(40)45(52-48)31-17-7-5-8-18-31/h5-26,29-30H,27-28H2,1-4H3. The Morgan fingerprint density at radius 1 is 0.463 bits per heavy atom. The first kappa shape index (κ1) is 31.3. The maximum Gasteiger partial charge on any atom is 0.235 e. The second-order valence-corrected chi connectivity index (χ2v) is 16.5. The van der Waals surface area contributed by atoms with E-state index in [0.717, 1.165) is 51.7 Å². The summed E-state index contributed by atoms with van der Waals surface area (Å²) in [6, 6.07) is 52.8. The molecule has 0 saturated heterocycles. The zero-order chi connectivity index (χ0) is 36.3. The quantitative estimate of drug-likeness (QED) is 0.184. The average molecular weight is 697 g/mol. The summed E-state index contributed by atoms with van der Waals surface area (Å²) >= 11 is 0. The summed E-state index contributed by atoms with van der Waals surface area (Å²) in [4.78, 5) is 10.9. The molecule has 0 amide bonds. The minimum atomic E-state index is 0.0656. The molecule has 1 aliphatic carbocycles. The van der Waals surface area contributed by atoms with E-state index < -0.39 is 0 Å². The Morgan fingerprint density at radius 2 is 1.00 bits per heavy atom. The molecule has 0 bridgehead atoms. The van der Waals surface area contributed by atoms with Crippen molar-refractivity contribution < 1.29 is 0 Å². The molecule has 0 N–H and O–H groups in total. The van der Waals surface area contributed by atoms with Crippen molar-refractivity contribution in [2.24, 2.45) is 0 Å². The summed E-state index contributed by atoms with van der Waals surface area (Å²) in [5.74, 6) is 0.668. The van der Waals surface area contributed by atoms with Gasteiger partial charge in [0, 0.05) is 38.2 Å². The van der Waals surface area contributed by atoms with E-state index in [4.69, 9.17) is 9.97 Å². The van der Waals surface area contributed by atoms with Gasteiger partial charge in [-0.15, -0.1) is 0 Å². The second kappa shape index (κ2) is 11.1. The van der Waals surface area contributed by atoms with Crippen LogP contribution in [0.5, 0.6) is 0 Å². The number of rotatable bonds is 3. The van der Waals surface area contributed by atoms with E-state index in [0.29, 0.717) is 5.95 Å². The van der Waals surface area contributed by atoms with Crippen LogP contribution in [0.15, 0.2) is 146 Å². The van der Waals surface area contributed by atoms with Crippen molar-refractivity contribution in [2.45, 2.75) is 51.4 Å². The SMILES string of the molecule is CC1(C)CCC(C)(C)c2cc3c(cc21)c1c2ccccc2c2c4ccccc4n(-c4nc(-c5ccccc5)c5ccccc5n4)c2c1n3-c1ccccc1. The van der Waals surface area contributed by atoms with Gasteiger partial charge in [0.25, 0.3) is 0 Å². The van der Waals surface area contributed by atoms with Gasteiger partial charge < -0.3 is 4.57 Å². The predicted octanol–water partition coefficient (Wildman–Crippen LogP) is 13.0. The first-order valence-electron chi connectivity index (χ1n) is 19.2. The van der Waals surface area contributed by atoms with Crippen molar-refractivity contribution in [3.05, 3.63) is 157 Å².